The molecule has 1 aromatic heterocycles. The maximum Gasteiger partial charge on any atom is 0.0628 e. The molecular formula is C16H31N3. The van der Waals surface area contributed by atoms with Gasteiger partial charge in [0.15, 0.2) is 0 Å². The second kappa shape index (κ2) is 7.68. The third kappa shape index (κ3) is 4.98. The minimum Gasteiger partial charge on any atom is -0.317 e. The van der Waals surface area contributed by atoms with Crippen LogP contribution in [-0.2, 0) is 13.5 Å². The Kier molecular flexibility index (Phi) is 6.56. The highest BCUT2D eigenvalue weighted by Gasteiger charge is 2.12. The van der Waals surface area contributed by atoms with Gasteiger partial charge in [0.1, 0.15) is 0 Å². The molecule has 1 aromatic rings. The number of aryl methyl sites for hydroxylation is 2. The van der Waals surface area contributed by atoms with Crippen LogP contribution in [0.25, 0.3) is 0 Å². The first-order valence-electron chi connectivity index (χ1n) is 7.62. The third-order valence-corrected chi connectivity index (χ3v) is 4.14. The highest BCUT2D eigenvalue weighted by molar-refractivity contribution is 5.24. The van der Waals surface area contributed by atoms with Gasteiger partial charge in [-0.15, -0.1) is 0 Å². The second-order valence-electron chi connectivity index (χ2n) is 6.12. The van der Waals surface area contributed by atoms with E-state index in [1.165, 1.54) is 42.6 Å². The molecule has 0 amide bonds. The fourth-order valence-electron chi connectivity index (χ4n) is 2.70. The van der Waals surface area contributed by atoms with E-state index >= 15 is 0 Å². The second-order valence-corrected chi connectivity index (χ2v) is 6.12. The van der Waals surface area contributed by atoms with Gasteiger partial charge >= 0.3 is 0 Å². The van der Waals surface area contributed by atoms with E-state index in [0.717, 1.165) is 12.3 Å². The average Bonchev–Trinajstić information content (AvgIpc) is 2.58. The first kappa shape index (κ1) is 16.2. The van der Waals surface area contributed by atoms with Crippen LogP contribution in [0.1, 0.15) is 56.5 Å². The van der Waals surface area contributed by atoms with Crippen LogP contribution < -0.4 is 5.32 Å². The van der Waals surface area contributed by atoms with Gasteiger partial charge in [-0.3, -0.25) is 4.68 Å². The Morgan fingerprint density at radius 1 is 1.16 bits per heavy atom. The molecule has 0 saturated carbocycles. The predicted octanol–water partition coefficient (Wildman–Crippen LogP) is 3.38. The summed E-state index contributed by atoms with van der Waals surface area (Å²) in [4.78, 5) is 0. The third-order valence-electron chi connectivity index (χ3n) is 4.14. The fraction of sp³-hybridized carbons (Fsp3) is 0.812. The van der Waals surface area contributed by atoms with Crippen LogP contribution in [0.2, 0.25) is 0 Å². The molecule has 0 aliphatic carbocycles. The van der Waals surface area contributed by atoms with Gasteiger partial charge in [-0.25, -0.2) is 0 Å². The SMILES string of the molecule is CNC(CCCC(C)C)CCc1c(C)nn(C)c1C. The van der Waals surface area contributed by atoms with E-state index < -0.39 is 0 Å². The normalized spacial score (nSPS) is 13.2. The van der Waals surface area contributed by atoms with Gasteiger partial charge in [-0.05, 0) is 51.6 Å². The topological polar surface area (TPSA) is 29.9 Å². The summed E-state index contributed by atoms with van der Waals surface area (Å²) in [6.45, 7) is 8.89. The Bertz CT molecular complexity index is 380. The number of hydrogen-bond acceptors (Lipinski definition) is 2. The van der Waals surface area contributed by atoms with Gasteiger partial charge in [0, 0.05) is 18.8 Å². The van der Waals surface area contributed by atoms with E-state index in [2.05, 4.69) is 45.2 Å². The Morgan fingerprint density at radius 2 is 1.84 bits per heavy atom. The molecule has 0 bridgehead atoms. The minimum atomic E-state index is 0.637. The average molecular weight is 265 g/mol. The minimum absolute atomic E-state index is 0.637. The molecule has 3 nitrogen and oxygen atoms in total. The Labute approximate surface area is 118 Å². The zero-order valence-corrected chi connectivity index (χ0v) is 13.6. The largest absolute Gasteiger partial charge is 0.317 e. The van der Waals surface area contributed by atoms with Crippen molar-refractivity contribution in [1.29, 1.82) is 0 Å². The van der Waals surface area contributed by atoms with E-state index in [1.54, 1.807) is 0 Å². The molecule has 1 N–H and O–H groups in total. The maximum atomic E-state index is 4.50. The first-order chi connectivity index (χ1) is 8.95. The predicted molar refractivity (Wildman–Crippen MR) is 82.5 cm³/mol. The molecule has 110 valence electrons. The number of nitrogens with zero attached hydrogens (tertiary/aromatic N) is 2. The van der Waals surface area contributed by atoms with Crippen molar-refractivity contribution in [2.45, 2.75) is 65.8 Å². The molecule has 0 aromatic carbocycles. The van der Waals surface area contributed by atoms with Crippen molar-refractivity contribution >= 4 is 0 Å². The number of nitrogens with one attached hydrogen (secondary N) is 1. The van der Waals surface area contributed by atoms with E-state index in [-0.39, 0.29) is 0 Å². The van der Waals surface area contributed by atoms with Crippen LogP contribution in [0.3, 0.4) is 0 Å². The van der Waals surface area contributed by atoms with Crippen molar-refractivity contribution in [1.82, 2.24) is 15.1 Å². The van der Waals surface area contributed by atoms with Crippen LogP contribution in [-0.4, -0.2) is 22.9 Å². The molecule has 0 saturated heterocycles. The highest BCUT2D eigenvalue weighted by Crippen LogP contribution is 2.17. The quantitative estimate of drug-likeness (QED) is 0.781. The number of aromatic nitrogens is 2. The summed E-state index contributed by atoms with van der Waals surface area (Å²) in [6, 6.07) is 0.637. The van der Waals surface area contributed by atoms with Crippen LogP contribution in [0, 0.1) is 19.8 Å². The molecular weight excluding hydrogens is 234 g/mol. The zero-order chi connectivity index (χ0) is 14.4. The van der Waals surface area contributed by atoms with Crippen LogP contribution in [0.5, 0.6) is 0 Å². The van der Waals surface area contributed by atoms with Crippen molar-refractivity contribution in [3.05, 3.63) is 17.0 Å². The van der Waals surface area contributed by atoms with Gasteiger partial charge < -0.3 is 5.32 Å². The monoisotopic (exact) mass is 265 g/mol. The Balaban J connectivity index is 2.44. The summed E-state index contributed by atoms with van der Waals surface area (Å²) in [5.74, 6) is 0.820. The van der Waals surface area contributed by atoms with Gasteiger partial charge in [0.2, 0.25) is 0 Å². The van der Waals surface area contributed by atoms with Crippen molar-refractivity contribution in [3.63, 3.8) is 0 Å². The molecule has 0 fully saturated rings. The van der Waals surface area contributed by atoms with E-state index in [1.807, 2.05) is 11.7 Å². The van der Waals surface area contributed by atoms with Gasteiger partial charge in [-0.1, -0.05) is 26.7 Å². The van der Waals surface area contributed by atoms with Gasteiger partial charge in [0.25, 0.3) is 0 Å². The van der Waals surface area contributed by atoms with E-state index in [9.17, 15) is 0 Å². The maximum absolute atomic E-state index is 4.50. The van der Waals surface area contributed by atoms with E-state index in [4.69, 9.17) is 0 Å². The summed E-state index contributed by atoms with van der Waals surface area (Å²) in [5.41, 5.74) is 3.94. The molecule has 1 unspecified atom stereocenters. The number of rotatable bonds is 8. The summed E-state index contributed by atoms with van der Waals surface area (Å²) >= 11 is 0. The summed E-state index contributed by atoms with van der Waals surface area (Å²) in [6.07, 6.45) is 6.30. The zero-order valence-electron chi connectivity index (χ0n) is 13.6. The first-order valence-corrected chi connectivity index (χ1v) is 7.62. The highest BCUT2D eigenvalue weighted by atomic mass is 15.3. The number of hydrogen-bond donors (Lipinski definition) is 1. The lowest BCUT2D eigenvalue weighted by molar-refractivity contribution is 0.440. The molecule has 1 heterocycles. The molecule has 19 heavy (non-hydrogen) atoms. The van der Waals surface area contributed by atoms with Crippen molar-refractivity contribution in [3.8, 4) is 0 Å². The molecule has 1 atom stereocenters. The molecule has 1 rings (SSSR count). The smallest absolute Gasteiger partial charge is 0.0628 e. The van der Waals surface area contributed by atoms with Crippen molar-refractivity contribution < 1.29 is 0 Å². The van der Waals surface area contributed by atoms with Gasteiger partial charge in [0.05, 0.1) is 5.69 Å². The van der Waals surface area contributed by atoms with Crippen LogP contribution in [0.15, 0.2) is 0 Å². The summed E-state index contributed by atoms with van der Waals surface area (Å²) in [7, 11) is 4.12. The fourth-order valence-corrected chi connectivity index (χ4v) is 2.70. The standard InChI is InChI=1S/C16H31N3/c1-12(2)8-7-9-15(17-5)10-11-16-13(3)18-19(6)14(16)4/h12,15,17H,7-11H2,1-6H3. The van der Waals surface area contributed by atoms with Gasteiger partial charge in [-0.2, -0.15) is 5.10 Å². The Hall–Kier alpha value is -0.830. The summed E-state index contributed by atoms with van der Waals surface area (Å²) in [5, 5.41) is 7.96. The Morgan fingerprint density at radius 3 is 2.32 bits per heavy atom. The van der Waals surface area contributed by atoms with Crippen LogP contribution >= 0.6 is 0 Å². The molecule has 0 spiro atoms. The molecule has 3 heteroatoms. The summed E-state index contributed by atoms with van der Waals surface area (Å²) < 4.78 is 2.00. The van der Waals surface area contributed by atoms with Crippen molar-refractivity contribution in [2.24, 2.45) is 13.0 Å². The van der Waals surface area contributed by atoms with E-state index in [0.29, 0.717) is 6.04 Å². The van der Waals surface area contributed by atoms with Crippen LogP contribution in [0.4, 0.5) is 0 Å². The lowest BCUT2D eigenvalue weighted by Crippen LogP contribution is -2.26. The van der Waals surface area contributed by atoms with Crippen molar-refractivity contribution in [2.75, 3.05) is 7.05 Å². The lowest BCUT2D eigenvalue weighted by Gasteiger charge is -2.16. The molecule has 0 aliphatic heterocycles. The molecule has 0 aliphatic rings. The molecule has 0 radical (unpaired) electrons. The lowest BCUT2D eigenvalue weighted by atomic mass is 9.98.